The van der Waals surface area contributed by atoms with Crippen LogP contribution < -0.4 is 5.43 Å². The molecule has 0 bridgehead atoms. The number of thiophene rings is 1. The predicted octanol–water partition coefficient (Wildman–Crippen LogP) is 1.49. The molecule has 1 aliphatic heterocycles. The Morgan fingerprint density at radius 1 is 1.53 bits per heavy atom. The number of carbonyl (C=O) groups excluding carboxylic acids is 1. The number of morpholine rings is 1. The molecule has 4 nitrogen and oxygen atoms in total. The second-order valence-electron chi connectivity index (χ2n) is 3.17. The summed E-state index contributed by atoms with van der Waals surface area (Å²) in [6.07, 6.45) is 0. The average Bonchev–Trinajstić information content (AvgIpc) is 2.66. The number of nitrogens with one attached hydrogen (secondary N) is 1. The average molecular weight is 291 g/mol. The topological polar surface area (TPSA) is 41.6 Å². The van der Waals surface area contributed by atoms with Crippen LogP contribution in [0.2, 0.25) is 0 Å². The minimum absolute atomic E-state index is 0.0485. The minimum Gasteiger partial charge on any atom is -0.379 e. The van der Waals surface area contributed by atoms with Crippen molar-refractivity contribution in [1.29, 1.82) is 0 Å². The van der Waals surface area contributed by atoms with Gasteiger partial charge in [0.2, 0.25) is 0 Å². The molecule has 1 saturated heterocycles. The second-order valence-corrected chi connectivity index (χ2v) is 5.00. The van der Waals surface area contributed by atoms with Crippen LogP contribution in [0.5, 0.6) is 0 Å². The normalized spacial score (nSPS) is 17.7. The monoisotopic (exact) mass is 290 g/mol. The summed E-state index contributed by atoms with van der Waals surface area (Å²) in [7, 11) is 0. The van der Waals surface area contributed by atoms with Crippen molar-refractivity contribution >= 4 is 33.2 Å². The van der Waals surface area contributed by atoms with Crippen LogP contribution >= 0.6 is 27.3 Å². The second kappa shape index (κ2) is 5.07. The number of hydrogen-bond acceptors (Lipinski definition) is 4. The molecule has 1 fully saturated rings. The van der Waals surface area contributed by atoms with Gasteiger partial charge in [-0.2, -0.15) is 0 Å². The maximum atomic E-state index is 11.7. The number of ether oxygens (including phenoxy) is 1. The molecule has 2 rings (SSSR count). The molecule has 0 saturated carbocycles. The summed E-state index contributed by atoms with van der Waals surface area (Å²) < 4.78 is 6.14. The maximum absolute atomic E-state index is 11.7. The summed E-state index contributed by atoms with van der Waals surface area (Å²) in [6.45, 7) is 2.85. The number of halogens is 1. The molecule has 0 aromatic carbocycles. The van der Waals surface area contributed by atoms with Crippen molar-refractivity contribution in [3.05, 3.63) is 20.8 Å². The Morgan fingerprint density at radius 3 is 2.87 bits per heavy atom. The van der Waals surface area contributed by atoms with Crippen molar-refractivity contribution in [3.63, 3.8) is 0 Å². The molecule has 82 valence electrons. The quantitative estimate of drug-likeness (QED) is 0.897. The van der Waals surface area contributed by atoms with E-state index in [9.17, 15) is 4.79 Å². The molecule has 2 heterocycles. The largest absolute Gasteiger partial charge is 0.379 e. The van der Waals surface area contributed by atoms with E-state index in [1.165, 1.54) is 11.3 Å². The number of carbonyl (C=O) groups is 1. The van der Waals surface area contributed by atoms with Gasteiger partial charge < -0.3 is 4.74 Å². The first kappa shape index (κ1) is 11.1. The molecule has 0 aliphatic carbocycles. The van der Waals surface area contributed by atoms with Gasteiger partial charge in [-0.25, -0.2) is 5.01 Å². The lowest BCUT2D eigenvalue weighted by atomic mass is 10.4. The van der Waals surface area contributed by atoms with Gasteiger partial charge in [0.05, 0.1) is 18.1 Å². The number of amides is 1. The van der Waals surface area contributed by atoms with Gasteiger partial charge in [-0.05, 0) is 22.0 Å². The highest BCUT2D eigenvalue weighted by Gasteiger charge is 2.15. The van der Waals surface area contributed by atoms with Gasteiger partial charge in [-0.3, -0.25) is 10.2 Å². The first-order valence-corrected chi connectivity index (χ1v) is 6.31. The smallest absolute Gasteiger partial charge is 0.275 e. The Hall–Kier alpha value is -0.430. The van der Waals surface area contributed by atoms with Crippen LogP contribution in [0.25, 0.3) is 0 Å². The highest BCUT2D eigenvalue weighted by atomic mass is 79.9. The maximum Gasteiger partial charge on any atom is 0.275 e. The molecule has 1 aromatic rings. The van der Waals surface area contributed by atoms with Gasteiger partial charge in [-0.1, -0.05) is 0 Å². The molecule has 6 heteroatoms. The first-order chi connectivity index (χ1) is 7.25. The van der Waals surface area contributed by atoms with Crippen LogP contribution in [-0.2, 0) is 4.74 Å². The lowest BCUT2D eigenvalue weighted by molar-refractivity contribution is 0.0127. The van der Waals surface area contributed by atoms with Crippen molar-refractivity contribution in [2.75, 3.05) is 26.3 Å². The zero-order valence-corrected chi connectivity index (χ0v) is 10.4. The van der Waals surface area contributed by atoms with E-state index in [2.05, 4.69) is 21.4 Å². The van der Waals surface area contributed by atoms with E-state index < -0.39 is 0 Å². The van der Waals surface area contributed by atoms with Gasteiger partial charge in [0, 0.05) is 22.9 Å². The van der Waals surface area contributed by atoms with Gasteiger partial charge in [0.15, 0.2) is 0 Å². The number of hydrazine groups is 1. The van der Waals surface area contributed by atoms with E-state index in [1.807, 2.05) is 16.5 Å². The molecular weight excluding hydrogens is 280 g/mol. The Bertz CT molecular complexity index is 350. The van der Waals surface area contributed by atoms with E-state index >= 15 is 0 Å². The summed E-state index contributed by atoms with van der Waals surface area (Å²) >= 11 is 4.75. The van der Waals surface area contributed by atoms with Gasteiger partial charge in [0.1, 0.15) is 0 Å². The zero-order valence-electron chi connectivity index (χ0n) is 8.03. The van der Waals surface area contributed by atoms with Crippen molar-refractivity contribution < 1.29 is 9.53 Å². The third-order valence-electron chi connectivity index (χ3n) is 2.06. The van der Waals surface area contributed by atoms with Gasteiger partial charge in [-0.15, -0.1) is 11.3 Å². The highest BCUT2D eigenvalue weighted by molar-refractivity contribution is 9.10. The number of rotatable bonds is 2. The fourth-order valence-electron chi connectivity index (χ4n) is 1.31. The van der Waals surface area contributed by atoms with Crippen LogP contribution in [0, 0.1) is 0 Å². The summed E-state index contributed by atoms with van der Waals surface area (Å²) in [5, 5.41) is 3.79. The summed E-state index contributed by atoms with van der Waals surface area (Å²) in [5.74, 6) is -0.0485. The van der Waals surface area contributed by atoms with Crippen LogP contribution in [0.4, 0.5) is 0 Å². The first-order valence-electron chi connectivity index (χ1n) is 4.63. The molecule has 1 amide bonds. The Morgan fingerprint density at radius 2 is 2.27 bits per heavy atom. The molecule has 0 spiro atoms. The van der Waals surface area contributed by atoms with Crippen molar-refractivity contribution in [3.8, 4) is 0 Å². The predicted molar refractivity (Wildman–Crippen MR) is 61.9 cm³/mol. The van der Waals surface area contributed by atoms with E-state index in [1.54, 1.807) is 0 Å². The van der Waals surface area contributed by atoms with Crippen LogP contribution in [-0.4, -0.2) is 37.2 Å². The molecule has 1 N–H and O–H groups in total. The van der Waals surface area contributed by atoms with Crippen LogP contribution in [0.3, 0.4) is 0 Å². The summed E-state index contributed by atoms with van der Waals surface area (Å²) in [5.41, 5.74) is 2.85. The molecule has 0 radical (unpaired) electrons. The number of hydrogen-bond donors (Lipinski definition) is 1. The molecule has 0 atom stereocenters. The third-order valence-corrected chi connectivity index (χ3v) is 3.75. The van der Waals surface area contributed by atoms with Crippen molar-refractivity contribution in [2.45, 2.75) is 0 Å². The Balaban J connectivity index is 1.91. The van der Waals surface area contributed by atoms with E-state index in [-0.39, 0.29) is 5.91 Å². The molecule has 1 aromatic heterocycles. The fourth-order valence-corrected chi connectivity index (χ4v) is 2.62. The summed E-state index contributed by atoms with van der Waals surface area (Å²) in [6, 6.07) is 1.82. The molecule has 1 aliphatic rings. The third kappa shape index (κ3) is 3.01. The lowest BCUT2D eigenvalue weighted by Gasteiger charge is -2.26. The summed E-state index contributed by atoms with van der Waals surface area (Å²) in [4.78, 5) is 12.4. The fraction of sp³-hybridized carbons (Fsp3) is 0.444. The Kier molecular flexibility index (Phi) is 3.74. The van der Waals surface area contributed by atoms with Crippen LogP contribution in [0.15, 0.2) is 15.9 Å². The molecular formula is C9H11BrN2O2S. The van der Waals surface area contributed by atoms with Gasteiger partial charge >= 0.3 is 0 Å². The molecule has 0 unspecified atom stereocenters. The zero-order chi connectivity index (χ0) is 10.7. The van der Waals surface area contributed by atoms with E-state index in [0.29, 0.717) is 18.1 Å². The lowest BCUT2D eigenvalue weighted by Crippen LogP contribution is -2.48. The van der Waals surface area contributed by atoms with Crippen molar-refractivity contribution in [2.24, 2.45) is 0 Å². The Labute approximate surface area is 100 Å². The highest BCUT2D eigenvalue weighted by Crippen LogP contribution is 2.19. The van der Waals surface area contributed by atoms with E-state index in [4.69, 9.17) is 4.74 Å². The van der Waals surface area contributed by atoms with E-state index in [0.717, 1.165) is 17.6 Å². The SMILES string of the molecule is O=C(NN1CCOCC1)c1cc(Br)cs1. The van der Waals surface area contributed by atoms with Crippen LogP contribution in [0.1, 0.15) is 9.67 Å². The molecule has 15 heavy (non-hydrogen) atoms. The number of nitrogens with zero attached hydrogens (tertiary/aromatic N) is 1. The standard InChI is InChI=1S/C9H11BrN2O2S/c10-7-5-8(15-6-7)9(13)11-12-1-3-14-4-2-12/h5-6H,1-4H2,(H,11,13). The van der Waals surface area contributed by atoms with Crippen molar-refractivity contribution in [1.82, 2.24) is 10.4 Å². The minimum atomic E-state index is -0.0485. The van der Waals surface area contributed by atoms with Gasteiger partial charge in [0.25, 0.3) is 5.91 Å².